The topological polar surface area (TPSA) is 63.1 Å². The summed E-state index contributed by atoms with van der Waals surface area (Å²) in [6, 6.07) is 13.8. The minimum Gasteiger partial charge on any atom is -0.383 e. The Bertz CT molecular complexity index is 1220. The molecule has 2 atom stereocenters. The third-order valence-corrected chi connectivity index (χ3v) is 8.02. The quantitative estimate of drug-likeness (QED) is 0.615. The Balaban J connectivity index is 0.00000218. The second kappa shape index (κ2) is 7.59. The van der Waals surface area contributed by atoms with Gasteiger partial charge in [0.1, 0.15) is 0 Å². The number of rotatable bonds is 4. The van der Waals surface area contributed by atoms with Gasteiger partial charge in [-0.15, -0.1) is 12.4 Å². The zero-order chi connectivity index (χ0) is 20.3. The van der Waals surface area contributed by atoms with Crippen LogP contribution in [0.5, 0.6) is 0 Å². The maximum absolute atomic E-state index is 13.4. The van der Waals surface area contributed by atoms with Gasteiger partial charge in [0.2, 0.25) is 9.84 Å². The van der Waals surface area contributed by atoms with Crippen molar-refractivity contribution in [3.8, 4) is 0 Å². The number of nitrogens with zero attached hydrogens (tertiary/aromatic N) is 1. The Labute approximate surface area is 184 Å². The highest BCUT2D eigenvalue weighted by Crippen LogP contribution is 2.42. The summed E-state index contributed by atoms with van der Waals surface area (Å²) in [5, 5.41) is 8.05. The van der Waals surface area contributed by atoms with Gasteiger partial charge in [0.25, 0.3) is 0 Å². The van der Waals surface area contributed by atoms with E-state index in [1.54, 1.807) is 24.3 Å². The molecule has 0 spiro atoms. The lowest BCUT2D eigenvalue weighted by molar-refractivity contribution is 0.503. The van der Waals surface area contributed by atoms with Crippen molar-refractivity contribution in [2.24, 2.45) is 7.05 Å². The first-order valence-corrected chi connectivity index (χ1v) is 11.8. The number of anilines is 1. The molecule has 2 unspecified atom stereocenters. The van der Waals surface area contributed by atoms with E-state index in [0.29, 0.717) is 21.9 Å². The molecule has 3 aromatic rings. The molecule has 5 nitrogen and oxygen atoms in total. The number of fused-ring (bicyclic) bond motifs is 6. The van der Waals surface area contributed by atoms with E-state index in [2.05, 4.69) is 22.2 Å². The molecule has 0 aliphatic carbocycles. The number of hydrogen-bond acceptors (Lipinski definition) is 4. The average molecular weight is 446 g/mol. The van der Waals surface area contributed by atoms with E-state index in [1.807, 2.05) is 32.0 Å². The van der Waals surface area contributed by atoms with Crippen LogP contribution in [0, 0.1) is 0 Å². The highest BCUT2D eigenvalue weighted by Gasteiger charge is 2.36. The lowest BCUT2D eigenvalue weighted by Gasteiger charge is -2.23. The standard InChI is InChI=1S/C23H27N3O2S.ClH/c1-14(2)24-15-5-4-6-17(11-15)29(27,28)18-8-10-21-19(13-18)23-20-9-7-16(25-20)12-22(23)26(21)3;/h4-6,8,10-11,13-14,16,20,24-25H,7,9,12H2,1-3H3;1H. The van der Waals surface area contributed by atoms with Gasteiger partial charge < -0.3 is 15.2 Å². The van der Waals surface area contributed by atoms with Gasteiger partial charge in [0, 0.05) is 53.9 Å². The van der Waals surface area contributed by atoms with Crippen LogP contribution in [-0.2, 0) is 23.3 Å². The molecule has 1 aromatic heterocycles. The van der Waals surface area contributed by atoms with Crippen molar-refractivity contribution in [2.75, 3.05) is 5.32 Å². The summed E-state index contributed by atoms with van der Waals surface area (Å²) < 4.78 is 29.0. The molecule has 2 aliphatic rings. The van der Waals surface area contributed by atoms with Crippen LogP contribution in [0.3, 0.4) is 0 Å². The first-order chi connectivity index (χ1) is 13.8. The Morgan fingerprint density at radius 1 is 1.10 bits per heavy atom. The number of sulfone groups is 1. The third kappa shape index (κ3) is 3.31. The van der Waals surface area contributed by atoms with Gasteiger partial charge in [0.05, 0.1) is 9.79 Å². The molecule has 1 fully saturated rings. The summed E-state index contributed by atoms with van der Waals surface area (Å²) in [7, 11) is -1.49. The van der Waals surface area contributed by atoms with Crippen LogP contribution >= 0.6 is 12.4 Å². The van der Waals surface area contributed by atoms with E-state index in [-0.39, 0.29) is 18.4 Å². The zero-order valence-electron chi connectivity index (χ0n) is 17.5. The molecule has 0 radical (unpaired) electrons. The Kier molecular flexibility index (Phi) is 5.37. The number of nitrogens with one attached hydrogen (secondary N) is 2. The van der Waals surface area contributed by atoms with Crippen molar-refractivity contribution in [1.29, 1.82) is 0 Å². The van der Waals surface area contributed by atoms with Crippen LogP contribution in [0.25, 0.3) is 10.9 Å². The Morgan fingerprint density at radius 3 is 2.63 bits per heavy atom. The summed E-state index contributed by atoms with van der Waals surface area (Å²) in [5.74, 6) is 0. The van der Waals surface area contributed by atoms with Gasteiger partial charge in [0.15, 0.2) is 0 Å². The predicted octanol–water partition coefficient (Wildman–Crippen LogP) is 4.60. The van der Waals surface area contributed by atoms with Gasteiger partial charge in [-0.3, -0.25) is 0 Å². The van der Waals surface area contributed by atoms with E-state index in [4.69, 9.17) is 0 Å². The van der Waals surface area contributed by atoms with Crippen LogP contribution in [0.1, 0.15) is 44.0 Å². The molecular formula is C23H28ClN3O2S. The van der Waals surface area contributed by atoms with Crippen LogP contribution < -0.4 is 10.6 Å². The molecule has 1 saturated heterocycles. The first kappa shape index (κ1) is 21.2. The number of halogens is 1. The monoisotopic (exact) mass is 445 g/mol. The zero-order valence-corrected chi connectivity index (χ0v) is 19.1. The molecule has 160 valence electrons. The van der Waals surface area contributed by atoms with Gasteiger partial charge in [-0.1, -0.05) is 6.07 Å². The SMILES string of the molecule is CC(C)Nc1cccc(S(=O)(=O)c2ccc3c(c2)c2c(n3C)CC3CCC2N3)c1.Cl. The van der Waals surface area contributed by atoms with Crippen molar-refractivity contribution in [3.63, 3.8) is 0 Å². The summed E-state index contributed by atoms with van der Waals surface area (Å²) in [4.78, 5) is 0.687. The van der Waals surface area contributed by atoms with E-state index in [9.17, 15) is 8.42 Å². The lowest BCUT2D eigenvalue weighted by Crippen LogP contribution is -2.32. The van der Waals surface area contributed by atoms with Gasteiger partial charge in [-0.2, -0.15) is 0 Å². The normalized spacial score (nSPS) is 20.3. The van der Waals surface area contributed by atoms with Crippen molar-refractivity contribution < 1.29 is 8.42 Å². The van der Waals surface area contributed by atoms with Crippen molar-refractivity contribution in [1.82, 2.24) is 9.88 Å². The van der Waals surface area contributed by atoms with E-state index < -0.39 is 9.84 Å². The third-order valence-electron chi connectivity index (χ3n) is 6.27. The highest BCUT2D eigenvalue weighted by molar-refractivity contribution is 7.91. The highest BCUT2D eigenvalue weighted by atomic mass is 35.5. The molecule has 7 heteroatoms. The predicted molar refractivity (Wildman–Crippen MR) is 123 cm³/mol. The molecule has 30 heavy (non-hydrogen) atoms. The lowest BCUT2D eigenvalue weighted by atomic mass is 9.99. The maximum atomic E-state index is 13.4. The molecule has 0 amide bonds. The molecule has 2 N–H and O–H groups in total. The second-order valence-corrected chi connectivity index (χ2v) is 10.6. The smallest absolute Gasteiger partial charge is 0.206 e. The summed E-state index contributed by atoms with van der Waals surface area (Å²) in [5.41, 5.74) is 4.58. The molecule has 5 rings (SSSR count). The number of aromatic nitrogens is 1. The van der Waals surface area contributed by atoms with Crippen LogP contribution in [0.4, 0.5) is 5.69 Å². The molecule has 0 saturated carbocycles. The van der Waals surface area contributed by atoms with E-state index >= 15 is 0 Å². The minimum atomic E-state index is -3.59. The summed E-state index contributed by atoms with van der Waals surface area (Å²) in [6.45, 7) is 4.07. The number of benzene rings is 2. The molecular weight excluding hydrogens is 418 g/mol. The molecule has 2 aromatic carbocycles. The van der Waals surface area contributed by atoms with Crippen LogP contribution in [-0.4, -0.2) is 25.1 Å². The largest absolute Gasteiger partial charge is 0.383 e. The van der Waals surface area contributed by atoms with Gasteiger partial charge in [-0.25, -0.2) is 8.42 Å². The fourth-order valence-electron chi connectivity index (χ4n) is 4.97. The molecule has 2 bridgehead atoms. The minimum absolute atomic E-state index is 0. The summed E-state index contributed by atoms with van der Waals surface area (Å²) >= 11 is 0. The second-order valence-electron chi connectivity index (χ2n) is 8.63. The van der Waals surface area contributed by atoms with Gasteiger partial charge in [-0.05, 0) is 68.7 Å². The Hall–Kier alpha value is -2.02. The molecule has 3 heterocycles. The summed E-state index contributed by atoms with van der Waals surface area (Å²) in [6.07, 6.45) is 3.33. The van der Waals surface area contributed by atoms with Gasteiger partial charge >= 0.3 is 0 Å². The van der Waals surface area contributed by atoms with Crippen LogP contribution in [0.2, 0.25) is 0 Å². The average Bonchev–Trinajstić information content (AvgIpc) is 3.20. The molecule has 2 aliphatic heterocycles. The Morgan fingerprint density at radius 2 is 1.87 bits per heavy atom. The fraction of sp³-hybridized carbons (Fsp3) is 0.391. The van der Waals surface area contributed by atoms with E-state index in [0.717, 1.165) is 29.4 Å². The fourth-order valence-corrected chi connectivity index (χ4v) is 6.30. The van der Waals surface area contributed by atoms with Crippen molar-refractivity contribution >= 4 is 38.8 Å². The van der Waals surface area contributed by atoms with Crippen molar-refractivity contribution in [2.45, 2.75) is 61.0 Å². The van der Waals surface area contributed by atoms with Crippen LogP contribution in [0.15, 0.2) is 52.3 Å². The maximum Gasteiger partial charge on any atom is 0.206 e. The first-order valence-electron chi connectivity index (χ1n) is 10.3. The van der Waals surface area contributed by atoms with Crippen molar-refractivity contribution in [3.05, 3.63) is 53.7 Å². The van der Waals surface area contributed by atoms with E-state index in [1.165, 1.54) is 17.7 Å². The number of hydrogen-bond donors (Lipinski definition) is 2. The number of aryl methyl sites for hydroxylation is 1.